The van der Waals surface area contributed by atoms with Crippen molar-refractivity contribution in [2.75, 3.05) is 11.4 Å². The molecule has 0 N–H and O–H groups in total. The van der Waals surface area contributed by atoms with E-state index in [9.17, 15) is 14.0 Å². The Kier molecular flexibility index (Phi) is 4.14. The van der Waals surface area contributed by atoms with Gasteiger partial charge in [0.2, 0.25) is 5.91 Å². The summed E-state index contributed by atoms with van der Waals surface area (Å²) in [5.41, 5.74) is 0.456. The van der Waals surface area contributed by atoms with Gasteiger partial charge in [0.05, 0.1) is 12.0 Å². The van der Waals surface area contributed by atoms with Crippen molar-refractivity contribution in [3.63, 3.8) is 0 Å². The van der Waals surface area contributed by atoms with Crippen LogP contribution in [-0.4, -0.2) is 18.2 Å². The molecule has 5 heteroatoms. The number of ketones is 1. The predicted molar refractivity (Wildman–Crippen MR) is 71.3 cm³/mol. The quantitative estimate of drug-likeness (QED) is 0.794. The number of Topliss-reactive ketones (excluding diaryl/α,β-unsaturated/α-hetero) is 1. The summed E-state index contributed by atoms with van der Waals surface area (Å²) >= 11 is 0. The van der Waals surface area contributed by atoms with Crippen molar-refractivity contribution >= 4 is 17.4 Å². The first-order chi connectivity index (χ1) is 9.54. The van der Waals surface area contributed by atoms with Crippen LogP contribution in [0.3, 0.4) is 0 Å². The molecule has 104 valence electrons. The van der Waals surface area contributed by atoms with Crippen LogP contribution in [0.1, 0.15) is 19.8 Å². The summed E-state index contributed by atoms with van der Waals surface area (Å²) in [7, 11) is 0. The molecule has 1 aromatic rings. The van der Waals surface area contributed by atoms with Crippen LogP contribution in [0.4, 0.5) is 10.1 Å². The Bertz CT molecular complexity index is 579. The number of hydrogen-bond acceptors (Lipinski definition) is 3. The first-order valence-corrected chi connectivity index (χ1v) is 6.55. The second kappa shape index (κ2) is 5.83. The molecule has 0 radical (unpaired) electrons. The zero-order valence-electron chi connectivity index (χ0n) is 11.2. The minimum Gasteiger partial charge on any atom is -0.312 e. The van der Waals surface area contributed by atoms with E-state index >= 15 is 0 Å². The molecular formula is C15H15FN2O2. The SMILES string of the molecule is CC(C#N)C(=O)C1CCCN(c2cccc(F)c2)C1=O. The number of piperidine rings is 1. The molecule has 4 nitrogen and oxygen atoms in total. The highest BCUT2D eigenvalue weighted by Crippen LogP contribution is 2.27. The van der Waals surface area contributed by atoms with Crippen molar-refractivity contribution in [3.8, 4) is 6.07 Å². The molecule has 2 rings (SSSR count). The first kappa shape index (κ1) is 14.2. The molecule has 0 saturated carbocycles. The fourth-order valence-corrected chi connectivity index (χ4v) is 2.41. The van der Waals surface area contributed by atoms with Crippen molar-refractivity contribution in [2.24, 2.45) is 11.8 Å². The number of benzene rings is 1. The van der Waals surface area contributed by atoms with Crippen LogP contribution in [0.2, 0.25) is 0 Å². The molecule has 0 spiro atoms. The molecule has 20 heavy (non-hydrogen) atoms. The van der Waals surface area contributed by atoms with Gasteiger partial charge >= 0.3 is 0 Å². The summed E-state index contributed by atoms with van der Waals surface area (Å²) in [6, 6.07) is 7.62. The van der Waals surface area contributed by atoms with Crippen LogP contribution < -0.4 is 4.90 Å². The van der Waals surface area contributed by atoms with E-state index in [4.69, 9.17) is 5.26 Å². The largest absolute Gasteiger partial charge is 0.312 e. The molecule has 0 aliphatic carbocycles. The first-order valence-electron chi connectivity index (χ1n) is 6.55. The number of nitriles is 1. The molecule has 1 amide bonds. The zero-order chi connectivity index (χ0) is 14.7. The van der Waals surface area contributed by atoms with Crippen LogP contribution in [0.5, 0.6) is 0 Å². The summed E-state index contributed by atoms with van der Waals surface area (Å²) in [6.45, 7) is 1.96. The van der Waals surface area contributed by atoms with Crippen LogP contribution in [-0.2, 0) is 9.59 Å². The summed E-state index contributed by atoms with van der Waals surface area (Å²) < 4.78 is 13.2. The molecular weight excluding hydrogens is 259 g/mol. The third-order valence-electron chi connectivity index (χ3n) is 3.52. The summed E-state index contributed by atoms with van der Waals surface area (Å²) in [5.74, 6) is -2.69. The molecule has 1 fully saturated rings. The van der Waals surface area contributed by atoms with E-state index in [1.165, 1.54) is 30.0 Å². The van der Waals surface area contributed by atoms with E-state index in [1.54, 1.807) is 6.07 Å². The Morgan fingerprint density at radius 1 is 1.55 bits per heavy atom. The van der Waals surface area contributed by atoms with E-state index in [1.807, 2.05) is 6.07 Å². The summed E-state index contributed by atoms with van der Waals surface area (Å²) in [6.07, 6.45) is 1.12. The van der Waals surface area contributed by atoms with Gasteiger partial charge in [-0.25, -0.2) is 4.39 Å². The standard InChI is InChI=1S/C15H15FN2O2/c1-10(9-17)14(19)13-6-3-7-18(15(13)20)12-5-2-4-11(16)8-12/h2,4-5,8,10,13H,3,6-7H2,1H3. The Balaban J connectivity index is 2.23. The number of rotatable bonds is 3. The summed E-state index contributed by atoms with van der Waals surface area (Å²) in [5, 5.41) is 8.80. The maximum Gasteiger partial charge on any atom is 0.237 e. The smallest absolute Gasteiger partial charge is 0.237 e. The van der Waals surface area contributed by atoms with E-state index in [0.29, 0.717) is 25.1 Å². The van der Waals surface area contributed by atoms with Crippen LogP contribution >= 0.6 is 0 Å². The van der Waals surface area contributed by atoms with E-state index in [-0.39, 0.29) is 11.7 Å². The number of carbonyl (C=O) groups excluding carboxylic acids is 2. The number of amides is 1. The molecule has 0 aromatic heterocycles. The molecule has 2 atom stereocenters. The molecule has 1 aliphatic heterocycles. The lowest BCUT2D eigenvalue weighted by Gasteiger charge is -2.32. The molecule has 1 aliphatic rings. The molecule has 0 bridgehead atoms. The fourth-order valence-electron chi connectivity index (χ4n) is 2.41. The average Bonchev–Trinajstić information content (AvgIpc) is 2.46. The Morgan fingerprint density at radius 3 is 2.95 bits per heavy atom. The Labute approximate surface area is 116 Å². The van der Waals surface area contributed by atoms with E-state index < -0.39 is 17.7 Å². The average molecular weight is 274 g/mol. The topological polar surface area (TPSA) is 61.2 Å². The summed E-state index contributed by atoms with van der Waals surface area (Å²) in [4.78, 5) is 25.8. The van der Waals surface area contributed by atoms with E-state index in [0.717, 1.165) is 0 Å². The van der Waals surface area contributed by atoms with Gasteiger partial charge in [-0.1, -0.05) is 6.07 Å². The Morgan fingerprint density at radius 2 is 2.30 bits per heavy atom. The zero-order valence-corrected chi connectivity index (χ0v) is 11.2. The molecule has 1 aromatic carbocycles. The number of hydrogen-bond donors (Lipinski definition) is 0. The van der Waals surface area contributed by atoms with Gasteiger partial charge in [0, 0.05) is 12.2 Å². The maximum absolute atomic E-state index is 13.2. The van der Waals surface area contributed by atoms with Crippen molar-refractivity contribution in [3.05, 3.63) is 30.1 Å². The van der Waals surface area contributed by atoms with Crippen molar-refractivity contribution in [2.45, 2.75) is 19.8 Å². The molecule has 1 saturated heterocycles. The third-order valence-corrected chi connectivity index (χ3v) is 3.52. The number of anilines is 1. The van der Waals surface area contributed by atoms with Gasteiger partial charge < -0.3 is 4.90 Å². The van der Waals surface area contributed by atoms with Gasteiger partial charge in [-0.3, -0.25) is 9.59 Å². The van der Waals surface area contributed by atoms with Crippen molar-refractivity contribution in [1.82, 2.24) is 0 Å². The minimum absolute atomic E-state index is 0.339. The predicted octanol–water partition coefficient (Wildman–Crippen LogP) is 2.30. The highest BCUT2D eigenvalue weighted by molar-refractivity contribution is 6.10. The molecule has 2 unspecified atom stereocenters. The van der Waals surface area contributed by atoms with Gasteiger partial charge in [-0.05, 0) is 38.0 Å². The highest BCUT2D eigenvalue weighted by atomic mass is 19.1. The third kappa shape index (κ3) is 2.69. The van der Waals surface area contributed by atoms with Gasteiger partial charge in [0.25, 0.3) is 0 Å². The van der Waals surface area contributed by atoms with Gasteiger partial charge in [-0.2, -0.15) is 5.26 Å². The van der Waals surface area contributed by atoms with Gasteiger partial charge in [-0.15, -0.1) is 0 Å². The monoisotopic (exact) mass is 274 g/mol. The molecule has 1 heterocycles. The lowest BCUT2D eigenvalue weighted by molar-refractivity contribution is -0.135. The van der Waals surface area contributed by atoms with Crippen LogP contribution in [0, 0.1) is 29.0 Å². The van der Waals surface area contributed by atoms with Crippen molar-refractivity contribution in [1.29, 1.82) is 5.26 Å². The van der Waals surface area contributed by atoms with Gasteiger partial charge in [0.15, 0.2) is 5.78 Å². The second-order valence-electron chi connectivity index (χ2n) is 4.92. The van der Waals surface area contributed by atoms with Crippen molar-refractivity contribution < 1.29 is 14.0 Å². The van der Waals surface area contributed by atoms with Crippen LogP contribution in [0.15, 0.2) is 24.3 Å². The Hall–Kier alpha value is -2.22. The maximum atomic E-state index is 13.2. The number of carbonyl (C=O) groups is 2. The number of halogens is 1. The minimum atomic E-state index is -0.795. The highest BCUT2D eigenvalue weighted by Gasteiger charge is 2.36. The van der Waals surface area contributed by atoms with Crippen LogP contribution in [0.25, 0.3) is 0 Å². The van der Waals surface area contributed by atoms with E-state index in [2.05, 4.69) is 0 Å². The lowest BCUT2D eigenvalue weighted by Crippen LogP contribution is -2.45. The fraction of sp³-hybridized carbons (Fsp3) is 0.400. The van der Waals surface area contributed by atoms with Gasteiger partial charge in [0.1, 0.15) is 11.7 Å². The second-order valence-corrected chi connectivity index (χ2v) is 4.92. The normalized spacial score (nSPS) is 20.4. The lowest BCUT2D eigenvalue weighted by atomic mass is 9.87. The number of nitrogens with zero attached hydrogens (tertiary/aromatic N) is 2.